The van der Waals surface area contributed by atoms with Crippen LogP contribution in [-0.2, 0) is 14.4 Å². The zero-order chi connectivity index (χ0) is 23.1. The van der Waals surface area contributed by atoms with Gasteiger partial charge >= 0.3 is 0 Å². The molecule has 1 aliphatic carbocycles. The number of anilines is 2. The highest BCUT2D eigenvalue weighted by Gasteiger charge is 2.48. The molecule has 0 spiro atoms. The van der Waals surface area contributed by atoms with Gasteiger partial charge in [-0.25, -0.2) is 4.98 Å². The number of nitrogens with one attached hydrogen (secondary N) is 1. The summed E-state index contributed by atoms with van der Waals surface area (Å²) in [6.45, 7) is 3.97. The Balaban J connectivity index is 1.29. The van der Waals surface area contributed by atoms with E-state index in [1.807, 2.05) is 44.2 Å². The molecule has 1 aromatic heterocycles. The van der Waals surface area contributed by atoms with Crippen LogP contribution in [0.2, 0.25) is 0 Å². The van der Waals surface area contributed by atoms with Crippen LogP contribution in [0.25, 0.3) is 10.2 Å². The van der Waals surface area contributed by atoms with E-state index in [1.165, 1.54) is 28.0 Å². The average molecular weight is 480 g/mol. The lowest BCUT2D eigenvalue weighted by Crippen LogP contribution is -2.30. The summed E-state index contributed by atoms with van der Waals surface area (Å²) in [6, 6.07) is 11.5. The largest absolute Gasteiger partial charge is 0.325 e. The minimum Gasteiger partial charge on any atom is -0.325 e. The Morgan fingerprint density at radius 3 is 2.55 bits per heavy atom. The number of aryl methyl sites for hydroxylation is 2. The molecular formula is C25H25N3O3S2. The first kappa shape index (κ1) is 22.1. The molecule has 0 unspecified atom stereocenters. The van der Waals surface area contributed by atoms with Crippen LogP contribution in [-0.4, -0.2) is 28.5 Å². The normalized spacial score (nSPS) is 20.4. The van der Waals surface area contributed by atoms with E-state index in [9.17, 15) is 14.4 Å². The number of thioether (sulfide) groups is 1. The maximum atomic E-state index is 12.9. The van der Waals surface area contributed by atoms with Crippen molar-refractivity contribution in [2.45, 2.75) is 43.9 Å². The van der Waals surface area contributed by atoms with Gasteiger partial charge in [0.2, 0.25) is 17.7 Å². The molecule has 1 aliphatic heterocycles. The summed E-state index contributed by atoms with van der Waals surface area (Å²) >= 11 is 2.86. The van der Waals surface area contributed by atoms with Crippen LogP contribution in [0.3, 0.4) is 0 Å². The van der Waals surface area contributed by atoms with Crippen LogP contribution in [0, 0.1) is 25.7 Å². The average Bonchev–Trinajstić information content (AvgIpc) is 3.33. The Morgan fingerprint density at radius 1 is 1.09 bits per heavy atom. The van der Waals surface area contributed by atoms with Gasteiger partial charge in [0.05, 0.1) is 33.5 Å². The number of thiazole rings is 1. The lowest BCUT2D eigenvalue weighted by atomic mass is 9.81. The number of rotatable bonds is 5. The molecule has 3 amide bonds. The van der Waals surface area contributed by atoms with E-state index in [4.69, 9.17) is 0 Å². The highest BCUT2D eigenvalue weighted by Crippen LogP contribution is 2.41. The first-order valence-corrected chi connectivity index (χ1v) is 13.0. The van der Waals surface area contributed by atoms with E-state index >= 15 is 0 Å². The molecule has 2 aromatic carbocycles. The summed E-state index contributed by atoms with van der Waals surface area (Å²) in [6.07, 6.45) is 3.64. The molecule has 0 radical (unpaired) electrons. The fourth-order valence-electron chi connectivity index (χ4n) is 4.69. The highest BCUT2D eigenvalue weighted by atomic mass is 32.2. The molecule has 170 valence electrons. The third kappa shape index (κ3) is 4.29. The van der Waals surface area contributed by atoms with Crippen molar-refractivity contribution in [2.24, 2.45) is 11.8 Å². The van der Waals surface area contributed by atoms with Crippen molar-refractivity contribution in [1.82, 2.24) is 4.98 Å². The Labute approximate surface area is 200 Å². The number of carbonyl (C=O) groups excluding carboxylic acids is 3. The van der Waals surface area contributed by atoms with E-state index < -0.39 is 0 Å². The first-order chi connectivity index (χ1) is 15.9. The Morgan fingerprint density at radius 2 is 1.82 bits per heavy atom. The van der Waals surface area contributed by atoms with Gasteiger partial charge in [-0.1, -0.05) is 36.7 Å². The third-order valence-electron chi connectivity index (χ3n) is 6.45. The molecule has 2 fully saturated rings. The number of imide groups is 1. The van der Waals surface area contributed by atoms with E-state index in [1.54, 1.807) is 6.07 Å². The van der Waals surface area contributed by atoms with Gasteiger partial charge in [0.15, 0.2) is 4.34 Å². The zero-order valence-electron chi connectivity index (χ0n) is 18.6. The standard InChI is InChI=1S/C25H25N3O3S2/c1-14-7-8-15(2)20(11-14)26-22(29)13-32-25-27-19-10-9-16(12-21(19)33-25)28-23(30)17-5-3-4-6-18(17)24(28)31/h7-12,17-18H,3-6,13H2,1-2H3,(H,26,29)/t17-,18-/m0/s1. The molecule has 5 rings (SSSR count). The lowest BCUT2D eigenvalue weighted by Gasteiger charge is -2.19. The molecule has 0 bridgehead atoms. The molecule has 8 heteroatoms. The zero-order valence-corrected chi connectivity index (χ0v) is 20.2. The van der Waals surface area contributed by atoms with Crippen LogP contribution < -0.4 is 10.2 Å². The van der Waals surface area contributed by atoms with Gasteiger partial charge in [-0.3, -0.25) is 19.3 Å². The molecule has 2 atom stereocenters. The van der Waals surface area contributed by atoms with Gasteiger partial charge in [-0.15, -0.1) is 11.3 Å². The third-order valence-corrected chi connectivity index (χ3v) is 8.61. The SMILES string of the molecule is Cc1ccc(C)c(NC(=O)CSc2nc3ccc(N4C(=O)[C@H]5CCCC[C@@H]5C4=O)cc3s2)c1. The predicted molar refractivity (Wildman–Crippen MR) is 133 cm³/mol. The van der Waals surface area contributed by atoms with Crippen LogP contribution in [0.5, 0.6) is 0 Å². The van der Waals surface area contributed by atoms with Gasteiger partial charge in [-0.05, 0) is 62.1 Å². The summed E-state index contributed by atoms with van der Waals surface area (Å²) < 4.78 is 1.69. The van der Waals surface area contributed by atoms with Crippen LogP contribution in [0.1, 0.15) is 36.8 Å². The Hall–Kier alpha value is -2.71. The highest BCUT2D eigenvalue weighted by molar-refractivity contribution is 8.01. The second-order valence-corrected chi connectivity index (χ2v) is 11.0. The van der Waals surface area contributed by atoms with Crippen molar-refractivity contribution < 1.29 is 14.4 Å². The second-order valence-electron chi connectivity index (χ2n) is 8.80. The van der Waals surface area contributed by atoms with Crippen molar-refractivity contribution in [3.05, 3.63) is 47.5 Å². The maximum Gasteiger partial charge on any atom is 0.237 e. The van der Waals surface area contributed by atoms with Gasteiger partial charge in [0.25, 0.3) is 0 Å². The van der Waals surface area contributed by atoms with Crippen LogP contribution in [0.15, 0.2) is 40.7 Å². The molecular weight excluding hydrogens is 454 g/mol. The van der Waals surface area contributed by atoms with Crippen LogP contribution in [0.4, 0.5) is 11.4 Å². The number of hydrogen-bond donors (Lipinski definition) is 1. The van der Waals surface area contributed by atoms with Crippen molar-refractivity contribution in [3.8, 4) is 0 Å². The van der Waals surface area contributed by atoms with Gasteiger partial charge in [0, 0.05) is 5.69 Å². The number of benzene rings is 2. The molecule has 6 nitrogen and oxygen atoms in total. The number of nitrogens with zero attached hydrogens (tertiary/aromatic N) is 2. The molecule has 1 saturated heterocycles. The molecule has 2 aliphatic rings. The van der Waals surface area contributed by atoms with E-state index in [0.29, 0.717) is 5.69 Å². The minimum absolute atomic E-state index is 0.0636. The monoisotopic (exact) mass is 479 g/mol. The van der Waals surface area contributed by atoms with E-state index in [0.717, 1.165) is 57.1 Å². The van der Waals surface area contributed by atoms with Gasteiger partial charge in [0.1, 0.15) is 0 Å². The van der Waals surface area contributed by atoms with E-state index in [2.05, 4.69) is 10.3 Å². The Bertz CT molecular complexity index is 1250. The van der Waals surface area contributed by atoms with Crippen molar-refractivity contribution in [2.75, 3.05) is 16.0 Å². The molecule has 1 saturated carbocycles. The number of carbonyl (C=O) groups is 3. The topological polar surface area (TPSA) is 79.4 Å². The second kappa shape index (κ2) is 8.91. The molecule has 2 heterocycles. The first-order valence-electron chi connectivity index (χ1n) is 11.2. The number of amides is 3. The quantitative estimate of drug-likeness (QED) is 0.396. The van der Waals surface area contributed by atoms with Crippen molar-refractivity contribution >= 4 is 62.4 Å². The Kier molecular flexibility index (Phi) is 5.97. The molecule has 33 heavy (non-hydrogen) atoms. The smallest absolute Gasteiger partial charge is 0.237 e. The summed E-state index contributed by atoms with van der Waals surface area (Å²) in [5.74, 6) is -0.274. The molecule has 3 aromatic rings. The summed E-state index contributed by atoms with van der Waals surface area (Å²) in [5, 5.41) is 2.97. The minimum atomic E-state index is -0.162. The summed E-state index contributed by atoms with van der Waals surface area (Å²) in [4.78, 5) is 44.3. The predicted octanol–water partition coefficient (Wildman–Crippen LogP) is 5.32. The summed E-state index contributed by atoms with van der Waals surface area (Å²) in [5.41, 5.74) is 4.38. The number of hydrogen-bond acceptors (Lipinski definition) is 6. The number of aromatic nitrogens is 1. The van der Waals surface area contributed by atoms with Gasteiger partial charge in [-0.2, -0.15) is 0 Å². The van der Waals surface area contributed by atoms with Crippen LogP contribution >= 0.6 is 23.1 Å². The fourth-order valence-corrected chi connectivity index (χ4v) is 6.60. The molecule has 1 N–H and O–H groups in total. The van der Waals surface area contributed by atoms with Gasteiger partial charge < -0.3 is 5.32 Å². The maximum absolute atomic E-state index is 12.9. The van der Waals surface area contributed by atoms with Crippen molar-refractivity contribution in [1.29, 1.82) is 0 Å². The lowest BCUT2D eigenvalue weighted by molar-refractivity contribution is -0.122. The number of fused-ring (bicyclic) bond motifs is 2. The fraction of sp³-hybridized carbons (Fsp3) is 0.360. The van der Waals surface area contributed by atoms with Crippen molar-refractivity contribution in [3.63, 3.8) is 0 Å². The summed E-state index contributed by atoms with van der Waals surface area (Å²) in [7, 11) is 0. The van der Waals surface area contributed by atoms with E-state index in [-0.39, 0.29) is 35.3 Å².